The number of aromatic nitrogens is 3. The number of amides is 1. The molecule has 6 heteroatoms. The molecule has 0 spiro atoms. The second kappa shape index (κ2) is 8.64. The van der Waals surface area contributed by atoms with Crippen LogP contribution < -0.4 is 5.32 Å². The minimum atomic E-state index is -0.325. The fourth-order valence-electron chi connectivity index (χ4n) is 3.25. The molecule has 0 radical (unpaired) electrons. The molecular formula is C25H19FN4O. The Balaban J connectivity index is 1.57. The number of benzene rings is 2. The van der Waals surface area contributed by atoms with Gasteiger partial charge in [0, 0.05) is 17.4 Å². The van der Waals surface area contributed by atoms with E-state index in [0.717, 1.165) is 5.56 Å². The van der Waals surface area contributed by atoms with Crippen LogP contribution in [0.2, 0.25) is 0 Å². The highest BCUT2D eigenvalue weighted by Crippen LogP contribution is 2.20. The summed E-state index contributed by atoms with van der Waals surface area (Å²) in [7, 11) is 0. The number of halogens is 1. The van der Waals surface area contributed by atoms with Gasteiger partial charge in [-0.15, -0.1) is 0 Å². The molecule has 152 valence electrons. The van der Waals surface area contributed by atoms with E-state index < -0.39 is 0 Å². The molecule has 1 N–H and O–H groups in total. The van der Waals surface area contributed by atoms with Crippen LogP contribution in [-0.4, -0.2) is 20.7 Å². The van der Waals surface area contributed by atoms with Crippen molar-refractivity contribution in [1.29, 1.82) is 0 Å². The van der Waals surface area contributed by atoms with Gasteiger partial charge >= 0.3 is 0 Å². The van der Waals surface area contributed by atoms with Crippen LogP contribution in [0.1, 0.15) is 33.0 Å². The Morgan fingerprint density at radius 3 is 2.55 bits per heavy atom. The topological polar surface area (TPSA) is 59.8 Å². The minimum absolute atomic E-state index is 0.266. The lowest BCUT2D eigenvalue weighted by atomic mass is 10.1. The summed E-state index contributed by atoms with van der Waals surface area (Å²) in [6, 6.07) is 18.8. The predicted molar refractivity (Wildman–Crippen MR) is 118 cm³/mol. The van der Waals surface area contributed by atoms with Gasteiger partial charge in [0.25, 0.3) is 5.91 Å². The van der Waals surface area contributed by atoms with Crippen molar-refractivity contribution in [3.8, 4) is 17.5 Å². The average molecular weight is 410 g/mol. The molecule has 0 saturated carbocycles. The van der Waals surface area contributed by atoms with E-state index in [9.17, 15) is 9.18 Å². The van der Waals surface area contributed by atoms with E-state index in [1.165, 1.54) is 12.1 Å². The molecule has 2 aromatic carbocycles. The summed E-state index contributed by atoms with van der Waals surface area (Å²) in [6.07, 6.45) is 1.69. The van der Waals surface area contributed by atoms with Crippen molar-refractivity contribution in [2.75, 3.05) is 5.32 Å². The van der Waals surface area contributed by atoms with E-state index in [2.05, 4.69) is 27.2 Å². The van der Waals surface area contributed by atoms with Crippen LogP contribution in [0, 0.1) is 31.5 Å². The standard InChI is InChI=1S/C25H19FN4O/c1-17-24(18(2)30(29-17)23-13-10-20(26)11-14-23)25(31)28-22-8-5-6-19(16-22)9-12-21-7-3-4-15-27-21/h3-8,10-11,13-16H,1-2H3,(H,28,31). The molecular weight excluding hydrogens is 391 g/mol. The third-order valence-corrected chi connectivity index (χ3v) is 4.71. The van der Waals surface area contributed by atoms with Gasteiger partial charge in [-0.1, -0.05) is 18.1 Å². The van der Waals surface area contributed by atoms with Gasteiger partial charge in [0.1, 0.15) is 11.5 Å². The number of nitrogens with zero attached hydrogens (tertiary/aromatic N) is 3. The normalized spacial score (nSPS) is 10.3. The Morgan fingerprint density at radius 1 is 1.00 bits per heavy atom. The number of carbonyl (C=O) groups is 1. The van der Waals surface area contributed by atoms with E-state index in [0.29, 0.717) is 34.0 Å². The summed E-state index contributed by atoms with van der Waals surface area (Å²) < 4.78 is 14.9. The molecule has 0 bridgehead atoms. The lowest BCUT2D eigenvalue weighted by molar-refractivity contribution is 0.102. The van der Waals surface area contributed by atoms with Gasteiger partial charge in [0.2, 0.25) is 0 Å². The Bertz CT molecular complexity index is 1300. The predicted octanol–water partition coefficient (Wildman–Crippen LogP) is 4.68. The van der Waals surface area contributed by atoms with Gasteiger partial charge in [-0.2, -0.15) is 5.10 Å². The Hall–Kier alpha value is -4.24. The number of aryl methyl sites for hydroxylation is 1. The van der Waals surface area contributed by atoms with E-state index in [4.69, 9.17) is 0 Å². The smallest absolute Gasteiger partial charge is 0.259 e. The lowest BCUT2D eigenvalue weighted by Gasteiger charge is -2.07. The van der Waals surface area contributed by atoms with Crippen LogP contribution in [0.5, 0.6) is 0 Å². The second-order valence-electron chi connectivity index (χ2n) is 6.93. The van der Waals surface area contributed by atoms with Crippen LogP contribution in [-0.2, 0) is 0 Å². The second-order valence-corrected chi connectivity index (χ2v) is 6.93. The van der Waals surface area contributed by atoms with Crippen LogP contribution in [0.15, 0.2) is 72.9 Å². The quantitative estimate of drug-likeness (QED) is 0.499. The first-order valence-electron chi connectivity index (χ1n) is 9.68. The molecule has 1 amide bonds. The molecule has 5 nitrogen and oxygen atoms in total. The van der Waals surface area contributed by atoms with Crippen molar-refractivity contribution >= 4 is 11.6 Å². The molecule has 0 fully saturated rings. The highest BCUT2D eigenvalue weighted by molar-refractivity contribution is 6.06. The number of rotatable bonds is 3. The maximum Gasteiger partial charge on any atom is 0.259 e. The summed E-state index contributed by atoms with van der Waals surface area (Å²) in [5.74, 6) is 5.47. The van der Waals surface area contributed by atoms with Crippen molar-refractivity contribution in [2.45, 2.75) is 13.8 Å². The molecule has 4 aromatic rings. The maximum atomic E-state index is 13.2. The molecule has 2 aromatic heterocycles. The average Bonchev–Trinajstić information content (AvgIpc) is 3.08. The molecule has 0 atom stereocenters. The van der Waals surface area contributed by atoms with Gasteiger partial charge in [-0.05, 0) is 74.4 Å². The van der Waals surface area contributed by atoms with Gasteiger partial charge in [0.15, 0.2) is 0 Å². The summed E-state index contributed by atoms with van der Waals surface area (Å²) >= 11 is 0. The third-order valence-electron chi connectivity index (χ3n) is 4.71. The lowest BCUT2D eigenvalue weighted by Crippen LogP contribution is -2.14. The monoisotopic (exact) mass is 410 g/mol. The third kappa shape index (κ3) is 4.51. The fraction of sp³-hybridized carbons (Fsp3) is 0.0800. The van der Waals surface area contributed by atoms with Crippen LogP contribution in [0.4, 0.5) is 10.1 Å². The Labute approximate surface area is 179 Å². The molecule has 0 aliphatic rings. The highest BCUT2D eigenvalue weighted by atomic mass is 19.1. The van der Waals surface area contributed by atoms with Crippen molar-refractivity contribution in [2.24, 2.45) is 0 Å². The maximum absolute atomic E-state index is 13.2. The summed E-state index contributed by atoms with van der Waals surface area (Å²) in [5.41, 5.74) is 4.50. The number of carbonyl (C=O) groups excluding carboxylic acids is 1. The Kier molecular flexibility index (Phi) is 5.59. The molecule has 2 heterocycles. The van der Waals surface area contributed by atoms with Crippen molar-refractivity contribution in [1.82, 2.24) is 14.8 Å². The van der Waals surface area contributed by atoms with Crippen molar-refractivity contribution in [3.05, 3.63) is 107 Å². The summed E-state index contributed by atoms with van der Waals surface area (Å²) in [6.45, 7) is 3.59. The first-order valence-corrected chi connectivity index (χ1v) is 9.68. The van der Waals surface area contributed by atoms with Crippen LogP contribution in [0.3, 0.4) is 0 Å². The summed E-state index contributed by atoms with van der Waals surface area (Å²) in [5, 5.41) is 7.37. The number of hydrogen-bond acceptors (Lipinski definition) is 3. The number of pyridine rings is 1. The van der Waals surface area contributed by atoms with Crippen LogP contribution in [0.25, 0.3) is 5.69 Å². The zero-order valence-electron chi connectivity index (χ0n) is 17.1. The first-order chi connectivity index (χ1) is 15.0. The van der Waals surface area contributed by atoms with Gasteiger partial charge in [-0.3, -0.25) is 4.79 Å². The van der Waals surface area contributed by atoms with Gasteiger partial charge in [-0.25, -0.2) is 14.1 Å². The molecule has 0 unspecified atom stereocenters. The van der Waals surface area contributed by atoms with Crippen LogP contribution >= 0.6 is 0 Å². The zero-order valence-corrected chi connectivity index (χ0v) is 17.1. The number of hydrogen-bond donors (Lipinski definition) is 1. The largest absolute Gasteiger partial charge is 0.322 e. The molecule has 0 aliphatic carbocycles. The van der Waals surface area contributed by atoms with Gasteiger partial charge in [0.05, 0.1) is 22.6 Å². The summed E-state index contributed by atoms with van der Waals surface area (Å²) in [4.78, 5) is 17.2. The minimum Gasteiger partial charge on any atom is -0.322 e. The van der Waals surface area contributed by atoms with E-state index in [-0.39, 0.29) is 11.7 Å². The van der Waals surface area contributed by atoms with Crippen molar-refractivity contribution in [3.63, 3.8) is 0 Å². The van der Waals surface area contributed by atoms with Gasteiger partial charge < -0.3 is 5.32 Å². The molecule has 0 aliphatic heterocycles. The molecule has 4 rings (SSSR count). The molecule has 0 saturated heterocycles. The van der Waals surface area contributed by atoms with E-state index >= 15 is 0 Å². The zero-order chi connectivity index (χ0) is 21.8. The SMILES string of the molecule is Cc1nn(-c2ccc(F)cc2)c(C)c1C(=O)Nc1cccc(C#Cc2ccccn2)c1. The fourth-order valence-corrected chi connectivity index (χ4v) is 3.25. The van der Waals surface area contributed by atoms with E-state index in [1.54, 1.807) is 36.0 Å². The van der Waals surface area contributed by atoms with E-state index in [1.807, 2.05) is 43.3 Å². The number of nitrogens with one attached hydrogen (secondary N) is 1. The Morgan fingerprint density at radius 2 is 1.81 bits per heavy atom. The first kappa shape index (κ1) is 20.0. The highest BCUT2D eigenvalue weighted by Gasteiger charge is 2.19. The molecule has 31 heavy (non-hydrogen) atoms. The van der Waals surface area contributed by atoms with Crippen molar-refractivity contribution < 1.29 is 9.18 Å². The number of anilines is 1.